The second-order valence-corrected chi connectivity index (χ2v) is 13.7. The maximum absolute atomic E-state index is 15.4. The third-order valence-corrected chi connectivity index (χ3v) is 11.1. The van der Waals surface area contributed by atoms with Crippen LogP contribution in [0.15, 0.2) is 40.5 Å². The van der Waals surface area contributed by atoms with Crippen LogP contribution in [-0.2, 0) is 11.3 Å². The van der Waals surface area contributed by atoms with E-state index in [0.717, 1.165) is 52.4 Å². The van der Waals surface area contributed by atoms with Gasteiger partial charge in [-0.25, -0.2) is 13.6 Å². The molecule has 1 amide bonds. The molecule has 40 heavy (non-hydrogen) atoms. The summed E-state index contributed by atoms with van der Waals surface area (Å²) in [6.07, 6.45) is 4.53. The van der Waals surface area contributed by atoms with E-state index in [1.54, 1.807) is 27.3 Å². The fraction of sp³-hybridized carbons (Fsp3) is 0.433. The smallest absolute Gasteiger partial charge is 0.349 e. The van der Waals surface area contributed by atoms with E-state index in [4.69, 9.17) is 0 Å². The molecule has 3 aromatic rings. The number of thioether (sulfide) groups is 1. The summed E-state index contributed by atoms with van der Waals surface area (Å²) in [5.74, 6) is 0.0989. The molecule has 3 aliphatic rings. The van der Waals surface area contributed by atoms with E-state index in [1.807, 2.05) is 49.4 Å². The van der Waals surface area contributed by atoms with Crippen LogP contribution in [0.2, 0.25) is 0 Å². The molecular weight excluding hydrogens is 645 g/mol. The fourth-order valence-electron chi connectivity index (χ4n) is 6.51. The molecule has 2 fully saturated rings. The van der Waals surface area contributed by atoms with Gasteiger partial charge >= 0.3 is 5.69 Å². The van der Waals surface area contributed by atoms with Crippen molar-refractivity contribution in [3.8, 4) is 11.1 Å². The predicted octanol–water partition coefficient (Wildman–Crippen LogP) is 6.14. The lowest BCUT2D eigenvalue weighted by Gasteiger charge is -2.44. The minimum Gasteiger partial charge on any atom is -0.349 e. The molecule has 0 N–H and O–H groups in total. The number of anilines is 1. The summed E-state index contributed by atoms with van der Waals surface area (Å²) in [6.45, 7) is 11.2. The quantitative estimate of drug-likeness (QED) is 0.190. The van der Waals surface area contributed by atoms with E-state index in [0.29, 0.717) is 40.1 Å². The number of amides is 1. The lowest BCUT2D eigenvalue weighted by Crippen LogP contribution is -2.58. The van der Waals surface area contributed by atoms with Crippen molar-refractivity contribution in [3.05, 3.63) is 62.1 Å². The summed E-state index contributed by atoms with van der Waals surface area (Å²) in [6, 6.07) is 4.33. The fourth-order valence-corrected chi connectivity index (χ4v) is 8.58. The van der Waals surface area contributed by atoms with Gasteiger partial charge in [-0.05, 0) is 85.4 Å². The molecule has 1 saturated heterocycles. The molecule has 2 aromatic carbocycles. The first kappa shape index (κ1) is 27.7. The van der Waals surface area contributed by atoms with Crippen molar-refractivity contribution < 1.29 is 13.6 Å². The summed E-state index contributed by atoms with van der Waals surface area (Å²) in [7, 11) is 0. The minimum atomic E-state index is -0.617. The summed E-state index contributed by atoms with van der Waals surface area (Å²) in [5.41, 5.74) is 2.35. The van der Waals surface area contributed by atoms with Crippen molar-refractivity contribution in [1.82, 2.24) is 14.5 Å². The zero-order chi connectivity index (χ0) is 28.5. The van der Waals surface area contributed by atoms with Crippen LogP contribution in [0.1, 0.15) is 38.7 Å². The van der Waals surface area contributed by atoms with Crippen LogP contribution < -0.4 is 10.6 Å². The molecule has 6 rings (SSSR count). The minimum absolute atomic E-state index is 0.00304. The largest absolute Gasteiger partial charge is 0.350 e. The molecule has 1 spiro atoms. The van der Waals surface area contributed by atoms with Gasteiger partial charge < -0.3 is 9.80 Å². The van der Waals surface area contributed by atoms with Crippen molar-refractivity contribution in [2.24, 2.45) is 5.41 Å². The second-order valence-electron chi connectivity index (χ2n) is 11.5. The highest BCUT2D eigenvalue weighted by atomic mass is 127. The Labute approximate surface area is 250 Å². The van der Waals surface area contributed by atoms with Crippen LogP contribution in [0.4, 0.5) is 14.6 Å². The molecule has 2 aliphatic heterocycles. The van der Waals surface area contributed by atoms with Gasteiger partial charge in [0.25, 0.3) is 0 Å². The number of hydrogen-bond donors (Lipinski definition) is 0. The van der Waals surface area contributed by atoms with Crippen molar-refractivity contribution in [2.75, 3.05) is 23.7 Å². The van der Waals surface area contributed by atoms with Gasteiger partial charge in [0, 0.05) is 68.5 Å². The van der Waals surface area contributed by atoms with Gasteiger partial charge in [0.05, 0.1) is 5.52 Å². The van der Waals surface area contributed by atoms with Crippen molar-refractivity contribution in [3.63, 3.8) is 0 Å². The Balaban J connectivity index is 1.60. The Bertz CT molecular complexity index is 1640. The average molecular weight is 677 g/mol. The van der Waals surface area contributed by atoms with Gasteiger partial charge in [-0.3, -0.25) is 9.36 Å². The first-order valence-corrected chi connectivity index (χ1v) is 15.7. The molecule has 3 heterocycles. The third kappa shape index (κ3) is 4.36. The maximum atomic E-state index is 15.4. The number of carbonyl (C=O) groups is 1. The van der Waals surface area contributed by atoms with Crippen molar-refractivity contribution in [2.45, 2.75) is 63.6 Å². The van der Waals surface area contributed by atoms with Crippen LogP contribution in [0.25, 0.3) is 22.0 Å². The SMILES string of the molecule is C=CC(=O)N1C[C@H](C)N(c2nc(=O)n3c4c(c(-c5cc(I)c(F)cc5F)c(C)cc24)SCC2(CCC2)C3)C[C@H]1C. The molecule has 1 aromatic heterocycles. The molecule has 6 nitrogen and oxygen atoms in total. The van der Waals surface area contributed by atoms with Crippen molar-refractivity contribution in [1.29, 1.82) is 0 Å². The molecule has 0 radical (unpaired) electrons. The van der Waals surface area contributed by atoms with Crippen LogP contribution in [0, 0.1) is 27.5 Å². The maximum Gasteiger partial charge on any atom is 0.350 e. The Kier molecular flexibility index (Phi) is 7.00. The van der Waals surface area contributed by atoms with Gasteiger partial charge in [0.2, 0.25) is 5.91 Å². The number of hydrogen-bond acceptors (Lipinski definition) is 5. The van der Waals surface area contributed by atoms with E-state index in [-0.39, 0.29) is 29.1 Å². The molecule has 2 atom stereocenters. The Hall–Kier alpha value is -2.47. The van der Waals surface area contributed by atoms with Gasteiger partial charge in [-0.2, -0.15) is 4.98 Å². The lowest BCUT2D eigenvalue weighted by molar-refractivity contribution is -0.128. The van der Waals surface area contributed by atoms with E-state index in [1.165, 1.54) is 6.08 Å². The normalized spacial score (nSPS) is 21.9. The summed E-state index contributed by atoms with van der Waals surface area (Å²) in [5, 5.41) is 0.847. The molecule has 10 heteroatoms. The van der Waals surface area contributed by atoms with Gasteiger partial charge in [-0.1, -0.05) is 13.0 Å². The van der Waals surface area contributed by atoms with Crippen LogP contribution in [0.3, 0.4) is 0 Å². The first-order valence-electron chi connectivity index (χ1n) is 13.6. The summed E-state index contributed by atoms with van der Waals surface area (Å²) in [4.78, 5) is 35.7. The van der Waals surface area contributed by atoms with E-state index >= 15 is 4.39 Å². The highest BCUT2D eigenvalue weighted by molar-refractivity contribution is 14.1. The van der Waals surface area contributed by atoms with Gasteiger partial charge in [0.1, 0.15) is 17.5 Å². The predicted molar refractivity (Wildman–Crippen MR) is 164 cm³/mol. The Morgan fingerprint density at radius 2 is 1.93 bits per heavy atom. The number of carbonyl (C=O) groups excluding carboxylic acids is 1. The highest BCUT2D eigenvalue weighted by Crippen LogP contribution is 2.52. The number of piperazine rings is 1. The molecule has 0 unspecified atom stereocenters. The number of halogens is 3. The Morgan fingerprint density at radius 1 is 1.18 bits per heavy atom. The lowest BCUT2D eigenvalue weighted by atomic mass is 9.70. The number of nitrogens with zero attached hydrogens (tertiary/aromatic N) is 4. The second kappa shape index (κ2) is 10.1. The molecule has 1 aliphatic carbocycles. The number of benzene rings is 2. The van der Waals surface area contributed by atoms with Crippen LogP contribution in [-0.4, -0.2) is 51.3 Å². The van der Waals surface area contributed by atoms with Crippen LogP contribution >= 0.6 is 34.4 Å². The third-order valence-electron chi connectivity index (χ3n) is 8.82. The topological polar surface area (TPSA) is 58.4 Å². The molecular formula is C30H31F2IN4O2S. The van der Waals surface area contributed by atoms with E-state index in [9.17, 15) is 14.0 Å². The standard InChI is InChI=1S/C30H31F2IN4O2S/c1-5-24(38)35-12-18(4)36(13-17(35)3)28-20-9-16(2)25(19-10-23(33)22(32)11-21(19)31)27-26(20)37(29(39)34-28)14-30(15-40-27)7-6-8-30/h5,9-11,17-18H,1,6-8,12-15H2,2-4H3/t17-,18+/m1/s1. The monoisotopic (exact) mass is 676 g/mol. The summed E-state index contributed by atoms with van der Waals surface area (Å²) >= 11 is 3.57. The first-order chi connectivity index (χ1) is 19.0. The average Bonchev–Trinajstić information content (AvgIpc) is 3.08. The van der Waals surface area contributed by atoms with E-state index in [2.05, 4.69) is 16.5 Å². The van der Waals surface area contributed by atoms with Crippen LogP contribution in [0.5, 0.6) is 0 Å². The zero-order valence-electron chi connectivity index (χ0n) is 22.8. The van der Waals surface area contributed by atoms with E-state index < -0.39 is 11.6 Å². The summed E-state index contributed by atoms with van der Waals surface area (Å²) < 4.78 is 31.7. The molecule has 1 saturated carbocycles. The zero-order valence-corrected chi connectivity index (χ0v) is 25.7. The number of rotatable bonds is 3. The van der Waals surface area contributed by atoms with Gasteiger partial charge in [0.15, 0.2) is 0 Å². The van der Waals surface area contributed by atoms with Crippen molar-refractivity contribution >= 4 is 57.0 Å². The van der Waals surface area contributed by atoms with Gasteiger partial charge in [-0.15, -0.1) is 11.8 Å². The molecule has 210 valence electrons. The number of aryl methyl sites for hydroxylation is 1. The highest BCUT2D eigenvalue weighted by Gasteiger charge is 2.42. The Morgan fingerprint density at radius 3 is 2.60 bits per heavy atom. The number of aromatic nitrogens is 2. The molecule has 0 bridgehead atoms.